The van der Waals surface area contributed by atoms with Gasteiger partial charge in [-0.05, 0) is 50.4 Å². The van der Waals surface area contributed by atoms with Crippen LogP contribution >= 0.6 is 11.6 Å². The average molecular weight is 765 g/mol. The van der Waals surface area contributed by atoms with Gasteiger partial charge < -0.3 is 33.7 Å². The van der Waals surface area contributed by atoms with E-state index < -0.39 is 33.6 Å². The number of rotatable bonds is 20. The van der Waals surface area contributed by atoms with Crippen molar-refractivity contribution >= 4 is 45.2 Å². The lowest BCUT2D eigenvalue weighted by Gasteiger charge is -2.45. The molecule has 0 amide bonds. The van der Waals surface area contributed by atoms with Gasteiger partial charge in [0.15, 0.2) is 11.2 Å². The highest BCUT2D eigenvalue weighted by molar-refractivity contribution is 6.76. The molecule has 4 rings (SSSR count). The van der Waals surface area contributed by atoms with Crippen LogP contribution in [0.4, 0.5) is 5.82 Å². The van der Waals surface area contributed by atoms with Crippen LogP contribution in [0.5, 0.6) is 0 Å². The minimum atomic E-state index is -1.41. The molecule has 1 aliphatic rings. The summed E-state index contributed by atoms with van der Waals surface area (Å²) in [5.74, 6) is -0.719. The Morgan fingerprint density at radius 3 is 2.25 bits per heavy atom. The number of anilines is 1. The lowest BCUT2D eigenvalue weighted by molar-refractivity contribution is -0.193. The van der Waals surface area contributed by atoms with Gasteiger partial charge in [-0.3, -0.25) is 0 Å². The highest BCUT2D eigenvalue weighted by atomic mass is 35.5. The first-order valence-corrected chi connectivity index (χ1v) is 25.7. The molecule has 0 radical (unpaired) electrons. The monoisotopic (exact) mass is 763 g/mol. The molecule has 0 saturated heterocycles. The van der Waals surface area contributed by atoms with E-state index in [-0.39, 0.29) is 18.6 Å². The minimum absolute atomic E-state index is 0.0802. The van der Waals surface area contributed by atoms with Crippen molar-refractivity contribution in [3.8, 4) is 11.1 Å². The molecule has 3 aromatic rings. The maximum atomic E-state index is 12.9. The number of halogens is 1. The molecule has 0 spiro atoms. The summed E-state index contributed by atoms with van der Waals surface area (Å²) in [5.41, 5.74) is 1.72. The standard InChI is InChI=1S/C36H58ClN5O7Si2/c1-26(46-3)30-20-27(12-13-36(30,35(43)44)49-15-14-45-2)31-21-33(42-34(40-31)29(23-39-42)28-10-11-32(37)38-22-28)41(24-47-16-18-50(4,5)6)25-48-17-19-51(7,8)9/h10-11,21-23,26-27,30H,12-20,24-25H2,1-9H3,(H,43,44)/t26?,27-,30?,36-/m1/s1. The van der Waals surface area contributed by atoms with Crippen molar-refractivity contribution in [1.82, 2.24) is 19.6 Å². The third kappa shape index (κ3) is 11.0. The maximum Gasteiger partial charge on any atom is 0.336 e. The number of hydrogen-bond acceptors (Lipinski definition) is 10. The van der Waals surface area contributed by atoms with Crippen LogP contribution in [0.1, 0.15) is 37.8 Å². The van der Waals surface area contributed by atoms with E-state index in [0.29, 0.717) is 63.3 Å². The molecule has 0 aliphatic heterocycles. The van der Waals surface area contributed by atoms with Gasteiger partial charge in [0.25, 0.3) is 0 Å². The molecule has 3 heterocycles. The van der Waals surface area contributed by atoms with Crippen molar-refractivity contribution in [3.05, 3.63) is 41.4 Å². The van der Waals surface area contributed by atoms with Crippen LogP contribution in [0.15, 0.2) is 30.6 Å². The summed E-state index contributed by atoms with van der Waals surface area (Å²) < 4.78 is 31.6. The smallest absolute Gasteiger partial charge is 0.336 e. The molecule has 0 aromatic carbocycles. The lowest BCUT2D eigenvalue weighted by Crippen LogP contribution is -2.55. The zero-order chi connectivity index (χ0) is 37.4. The van der Waals surface area contributed by atoms with Gasteiger partial charge in [-0.2, -0.15) is 9.61 Å². The van der Waals surface area contributed by atoms with Crippen molar-refractivity contribution in [3.63, 3.8) is 0 Å². The Labute approximate surface area is 310 Å². The molecule has 1 saturated carbocycles. The van der Waals surface area contributed by atoms with Gasteiger partial charge in [-0.1, -0.05) is 50.9 Å². The van der Waals surface area contributed by atoms with Gasteiger partial charge in [0.05, 0.1) is 25.5 Å². The Morgan fingerprint density at radius 2 is 1.71 bits per heavy atom. The largest absolute Gasteiger partial charge is 0.479 e. The molecule has 1 fully saturated rings. The first kappa shape index (κ1) is 41.3. The molecule has 1 aliphatic carbocycles. The number of ether oxygens (including phenoxy) is 5. The third-order valence-electron chi connectivity index (χ3n) is 9.69. The summed E-state index contributed by atoms with van der Waals surface area (Å²) in [6, 6.07) is 7.81. The Hall–Kier alpha value is -2.44. The number of aliphatic carboxylic acids is 1. The minimum Gasteiger partial charge on any atom is -0.479 e. The molecular formula is C36H58ClN5O7Si2. The van der Waals surface area contributed by atoms with Crippen LogP contribution < -0.4 is 4.90 Å². The quantitative estimate of drug-likeness (QED) is 0.0540. The van der Waals surface area contributed by atoms with E-state index in [0.717, 1.165) is 34.7 Å². The maximum absolute atomic E-state index is 12.9. The van der Waals surface area contributed by atoms with E-state index >= 15 is 0 Å². The Morgan fingerprint density at radius 1 is 1.04 bits per heavy atom. The predicted molar refractivity (Wildman–Crippen MR) is 206 cm³/mol. The van der Waals surface area contributed by atoms with Gasteiger partial charge in [-0.15, -0.1) is 0 Å². The van der Waals surface area contributed by atoms with E-state index in [1.54, 1.807) is 32.7 Å². The number of fused-ring (bicyclic) bond motifs is 1. The average Bonchev–Trinajstić information content (AvgIpc) is 3.50. The summed E-state index contributed by atoms with van der Waals surface area (Å²) in [4.78, 5) is 24.6. The summed E-state index contributed by atoms with van der Waals surface area (Å²) in [6.07, 6.45) is 4.50. The zero-order valence-electron chi connectivity index (χ0n) is 31.9. The van der Waals surface area contributed by atoms with E-state index in [9.17, 15) is 9.90 Å². The van der Waals surface area contributed by atoms with Crippen LogP contribution in [0.25, 0.3) is 16.8 Å². The number of aromatic nitrogens is 4. The van der Waals surface area contributed by atoms with Gasteiger partial charge >= 0.3 is 5.97 Å². The molecule has 4 atom stereocenters. The molecule has 12 nitrogen and oxygen atoms in total. The van der Waals surface area contributed by atoms with Crippen LogP contribution in [-0.2, 0) is 28.5 Å². The van der Waals surface area contributed by atoms with E-state index in [2.05, 4.69) is 55.2 Å². The molecule has 2 unspecified atom stereocenters. The number of nitrogens with zero attached hydrogens (tertiary/aromatic N) is 5. The van der Waals surface area contributed by atoms with Crippen molar-refractivity contribution in [2.45, 2.75) is 95.2 Å². The topological polar surface area (TPSA) is 130 Å². The normalized spacial score (nSPS) is 20.5. The summed E-state index contributed by atoms with van der Waals surface area (Å²) in [7, 11) is 0.572. The van der Waals surface area contributed by atoms with E-state index in [1.807, 2.05) is 17.5 Å². The molecule has 284 valence electrons. The Balaban J connectivity index is 1.79. The highest BCUT2D eigenvalue weighted by Gasteiger charge is 2.53. The van der Waals surface area contributed by atoms with Crippen LogP contribution in [-0.4, -0.2) is 113 Å². The summed E-state index contributed by atoms with van der Waals surface area (Å²) in [5, 5.41) is 15.8. The first-order valence-electron chi connectivity index (χ1n) is 17.9. The van der Waals surface area contributed by atoms with Crippen molar-refractivity contribution < 1.29 is 33.6 Å². The zero-order valence-corrected chi connectivity index (χ0v) is 34.7. The Bertz CT molecular complexity index is 1540. The van der Waals surface area contributed by atoms with Gasteiger partial charge in [0.2, 0.25) is 0 Å². The van der Waals surface area contributed by atoms with E-state index in [1.165, 1.54) is 0 Å². The van der Waals surface area contributed by atoms with Gasteiger partial charge in [-0.25, -0.2) is 14.8 Å². The number of pyridine rings is 1. The van der Waals surface area contributed by atoms with Crippen molar-refractivity contribution in [2.75, 3.05) is 59.0 Å². The SMILES string of the molecule is COCCO[C@]1(C(=O)O)CC[C@@H](c2cc(N(COCC[Si](C)(C)C)COCC[Si](C)(C)C)n3ncc(-c4ccc(Cl)nc4)c3n2)CC1C(C)OC. The van der Waals surface area contributed by atoms with Gasteiger partial charge in [0.1, 0.15) is 24.4 Å². The van der Waals surface area contributed by atoms with E-state index in [4.69, 9.17) is 45.4 Å². The Kier molecular flexibility index (Phi) is 14.6. The molecule has 15 heteroatoms. The fraction of sp³-hybridized carbons (Fsp3) is 0.667. The van der Waals surface area contributed by atoms with Crippen LogP contribution in [0.2, 0.25) is 56.5 Å². The molecule has 3 aromatic heterocycles. The fourth-order valence-corrected chi connectivity index (χ4v) is 8.05. The van der Waals surface area contributed by atoms with Crippen molar-refractivity contribution in [2.24, 2.45) is 5.92 Å². The second-order valence-electron chi connectivity index (χ2n) is 16.0. The summed E-state index contributed by atoms with van der Waals surface area (Å²) in [6.45, 7) is 18.4. The molecular weight excluding hydrogens is 706 g/mol. The first-order chi connectivity index (χ1) is 24.1. The second-order valence-corrected chi connectivity index (χ2v) is 27.6. The molecule has 0 bridgehead atoms. The third-order valence-corrected chi connectivity index (χ3v) is 13.3. The molecule has 1 N–H and O–H groups in total. The summed E-state index contributed by atoms with van der Waals surface area (Å²) >= 11 is 6.15. The number of carboxylic acid groups (broad SMARTS) is 1. The highest BCUT2D eigenvalue weighted by Crippen LogP contribution is 2.46. The van der Waals surface area contributed by atoms with Crippen molar-refractivity contribution in [1.29, 1.82) is 0 Å². The number of methoxy groups -OCH3 is 2. The van der Waals surface area contributed by atoms with Gasteiger partial charge in [0, 0.05) is 84.5 Å². The molecule has 51 heavy (non-hydrogen) atoms. The number of carbonyl (C=O) groups is 1. The van der Waals surface area contributed by atoms with Crippen LogP contribution in [0, 0.1) is 5.92 Å². The van der Waals surface area contributed by atoms with Crippen LogP contribution in [0.3, 0.4) is 0 Å². The number of carboxylic acids is 1. The lowest BCUT2D eigenvalue weighted by atomic mass is 9.67. The number of hydrogen-bond donors (Lipinski definition) is 1. The predicted octanol–water partition coefficient (Wildman–Crippen LogP) is 7.28. The second kappa shape index (κ2) is 18.1. The fourth-order valence-electron chi connectivity index (χ4n) is 6.42.